The average Bonchev–Trinajstić information content (AvgIpc) is 3.17. The molecule has 1 aromatic heterocycles. The zero-order valence-corrected chi connectivity index (χ0v) is 18.1. The molecular weight excluding hydrogens is 468 g/mol. The molecule has 1 unspecified atom stereocenters. The van der Waals surface area contributed by atoms with E-state index < -0.39 is 23.7 Å². The molecule has 0 fully saturated rings. The van der Waals surface area contributed by atoms with Crippen LogP contribution in [0.1, 0.15) is 28.3 Å². The van der Waals surface area contributed by atoms with Crippen LogP contribution in [0.15, 0.2) is 42.6 Å². The zero-order chi connectivity index (χ0) is 23.0. The number of carbonyl (C=O) groups is 1. The van der Waals surface area contributed by atoms with Crippen LogP contribution < -0.4 is 10.1 Å². The number of nitrogens with one attached hydrogen (secondary N) is 2. The van der Waals surface area contributed by atoms with Gasteiger partial charge in [-0.15, -0.1) is 0 Å². The SMILES string of the molecule is CN1Cc2c(Cl)cc(Cl)cc2C(c2ccc(NC(=O)Oc3cn[nH]c3C(F)(F)F)cc2)C1. The van der Waals surface area contributed by atoms with Crippen LogP contribution in [0, 0.1) is 0 Å². The molecule has 0 spiro atoms. The minimum Gasteiger partial charge on any atom is -0.406 e. The standard InChI is InChI=1S/C21H17Cl2F3N4O2/c1-30-9-15(14-6-12(22)7-17(23)16(14)10-30)11-2-4-13(5-3-11)28-20(31)32-18-8-27-29-19(18)21(24,25)26/h2-8,15H,9-10H2,1H3,(H,27,29)(H,28,31). The van der Waals surface area contributed by atoms with Gasteiger partial charge in [-0.1, -0.05) is 35.3 Å². The third kappa shape index (κ3) is 4.69. The summed E-state index contributed by atoms with van der Waals surface area (Å²) in [5.74, 6) is -0.691. The van der Waals surface area contributed by atoms with Gasteiger partial charge >= 0.3 is 12.3 Å². The molecule has 6 nitrogen and oxygen atoms in total. The molecule has 2 N–H and O–H groups in total. The molecule has 1 atom stereocenters. The number of anilines is 1. The highest BCUT2D eigenvalue weighted by molar-refractivity contribution is 6.35. The van der Waals surface area contributed by atoms with Gasteiger partial charge in [0.05, 0.1) is 6.20 Å². The molecule has 0 saturated heterocycles. The number of likely N-dealkylation sites (N-methyl/N-ethyl adjacent to an activating group) is 1. The normalized spacial score (nSPS) is 16.5. The van der Waals surface area contributed by atoms with Crippen molar-refractivity contribution in [1.29, 1.82) is 0 Å². The Labute approximate surface area is 191 Å². The smallest absolute Gasteiger partial charge is 0.406 e. The average molecular weight is 485 g/mol. The first-order valence-electron chi connectivity index (χ1n) is 9.47. The van der Waals surface area contributed by atoms with Crippen molar-refractivity contribution in [3.8, 4) is 5.75 Å². The van der Waals surface area contributed by atoms with Gasteiger partial charge in [0.15, 0.2) is 11.4 Å². The van der Waals surface area contributed by atoms with E-state index in [0.717, 1.165) is 29.4 Å². The number of rotatable bonds is 3. The largest absolute Gasteiger partial charge is 0.436 e. The van der Waals surface area contributed by atoms with Gasteiger partial charge in [-0.25, -0.2) is 4.79 Å². The van der Waals surface area contributed by atoms with Crippen molar-refractivity contribution in [1.82, 2.24) is 15.1 Å². The van der Waals surface area contributed by atoms with Gasteiger partial charge in [0.25, 0.3) is 0 Å². The number of hydrogen-bond donors (Lipinski definition) is 2. The molecule has 1 aliphatic heterocycles. The van der Waals surface area contributed by atoms with E-state index >= 15 is 0 Å². The van der Waals surface area contributed by atoms with Crippen molar-refractivity contribution in [2.24, 2.45) is 0 Å². The fourth-order valence-electron chi connectivity index (χ4n) is 3.73. The Kier molecular flexibility index (Phi) is 6.07. The topological polar surface area (TPSA) is 70.2 Å². The Morgan fingerprint density at radius 1 is 1.25 bits per heavy atom. The van der Waals surface area contributed by atoms with Gasteiger partial charge in [-0.3, -0.25) is 10.4 Å². The third-order valence-electron chi connectivity index (χ3n) is 5.14. The lowest BCUT2D eigenvalue weighted by molar-refractivity contribution is -0.142. The lowest BCUT2D eigenvalue weighted by atomic mass is 9.85. The highest BCUT2D eigenvalue weighted by Crippen LogP contribution is 2.39. The monoisotopic (exact) mass is 484 g/mol. The number of alkyl halides is 3. The molecule has 168 valence electrons. The molecule has 3 aromatic rings. The summed E-state index contributed by atoms with van der Waals surface area (Å²) < 4.78 is 43.3. The van der Waals surface area contributed by atoms with Crippen LogP contribution in [0.2, 0.25) is 10.0 Å². The van der Waals surface area contributed by atoms with Gasteiger partial charge < -0.3 is 9.64 Å². The molecule has 4 rings (SSSR count). The fraction of sp³-hybridized carbons (Fsp3) is 0.238. The van der Waals surface area contributed by atoms with Crippen LogP contribution in [0.5, 0.6) is 5.75 Å². The van der Waals surface area contributed by atoms with Crippen molar-refractivity contribution in [2.75, 3.05) is 18.9 Å². The number of aromatic nitrogens is 2. The number of amides is 1. The molecule has 11 heteroatoms. The number of carbonyl (C=O) groups excluding carboxylic acids is 1. The van der Waals surface area contributed by atoms with Crippen molar-refractivity contribution in [2.45, 2.75) is 18.6 Å². The van der Waals surface area contributed by atoms with Gasteiger partial charge in [0, 0.05) is 34.7 Å². The number of H-pyrrole nitrogens is 1. The molecule has 1 aliphatic rings. The van der Waals surface area contributed by atoms with Crippen molar-refractivity contribution in [3.05, 3.63) is 75.0 Å². The summed E-state index contributed by atoms with van der Waals surface area (Å²) in [5.41, 5.74) is 2.16. The quantitative estimate of drug-likeness (QED) is 0.483. The van der Waals surface area contributed by atoms with E-state index in [9.17, 15) is 18.0 Å². The maximum Gasteiger partial charge on any atom is 0.436 e. The Morgan fingerprint density at radius 2 is 1.97 bits per heavy atom. The molecule has 2 heterocycles. The number of halogens is 5. The third-order valence-corrected chi connectivity index (χ3v) is 5.70. The molecule has 0 saturated carbocycles. The van der Waals surface area contributed by atoms with E-state index in [0.29, 0.717) is 22.3 Å². The first-order valence-corrected chi connectivity index (χ1v) is 10.2. The van der Waals surface area contributed by atoms with Gasteiger partial charge in [0.1, 0.15) is 0 Å². The van der Waals surface area contributed by atoms with E-state index in [-0.39, 0.29) is 5.92 Å². The van der Waals surface area contributed by atoms with Crippen molar-refractivity contribution in [3.63, 3.8) is 0 Å². The summed E-state index contributed by atoms with van der Waals surface area (Å²) >= 11 is 12.6. The molecular formula is C21H17Cl2F3N4O2. The van der Waals surface area contributed by atoms with Crippen LogP contribution in [-0.4, -0.2) is 34.8 Å². The Balaban J connectivity index is 1.50. The van der Waals surface area contributed by atoms with Crippen LogP contribution in [0.3, 0.4) is 0 Å². The summed E-state index contributed by atoms with van der Waals surface area (Å²) in [6.45, 7) is 1.46. The second-order valence-electron chi connectivity index (χ2n) is 7.45. The number of fused-ring (bicyclic) bond motifs is 1. The van der Waals surface area contributed by atoms with Crippen LogP contribution in [0.25, 0.3) is 0 Å². The van der Waals surface area contributed by atoms with Gasteiger partial charge in [0.2, 0.25) is 0 Å². The van der Waals surface area contributed by atoms with Crippen molar-refractivity contribution >= 4 is 35.0 Å². The Bertz CT molecular complexity index is 1150. The van der Waals surface area contributed by atoms with E-state index in [2.05, 4.69) is 15.3 Å². The Morgan fingerprint density at radius 3 is 2.66 bits per heavy atom. The minimum absolute atomic E-state index is 0.0150. The predicted molar refractivity (Wildman–Crippen MR) is 114 cm³/mol. The molecule has 1 amide bonds. The summed E-state index contributed by atoms with van der Waals surface area (Å²) in [7, 11) is 2.00. The van der Waals surface area contributed by atoms with E-state index in [4.69, 9.17) is 27.9 Å². The summed E-state index contributed by atoms with van der Waals surface area (Å²) in [5, 5.41) is 8.63. The maximum absolute atomic E-state index is 12.9. The minimum atomic E-state index is -4.72. The van der Waals surface area contributed by atoms with Gasteiger partial charge in [-0.2, -0.15) is 18.3 Å². The van der Waals surface area contributed by atoms with E-state index in [1.807, 2.05) is 25.2 Å². The lowest BCUT2D eigenvalue weighted by Gasteiger charge is -2.33. The highest BCUT2D eigenvalue weighted by atomic mass is 35.5. The summed E-state index contributed by atoms with van der Waals surface area (Å²) in [6, 6.07) is 10.6. The lowest BCUT2D eigenvalue weighted by Crippen LogP contribution is -2.31. The van der Waals surface area contributed by atoms with Crippen LogP contribution in [-0.2, 0) is 12.7 Å². The van der Waals surface area contributed by atoms with Crippen molar-refractivity contribution < 1.29 is 22.7 Å². The number of benzene rings is 2. The second-order valence-corrected chi connectivity index (χ2v) is 8.29. The summed E-state index contributed by atoms with van der Waals surface area (Å²) in [6.07, 6.45) is -4.99. The highest BCUT2D eigenvalue weighted by Gasteiger charge is 2.37. The Hall–Kier alpha value is -2.75. The number of aromatic amines is 1. The molecule has 0 bridgehead atoms. The number of nitrogens with zero attached hydrogens (tertiary/aromatic N) is 2. The van der Waals surface area contributed by atoms with Gasteiger partial charge in [-0.05, 0) is 48.0 Å². The molecule has 32 heavy (non-hydrogen) atoms. The zero-order valence-electron chi connectivity index (χ0n) is 16.6. The molecule has 0 radical (unpaired) electrons. The molecule has 2 aromatic carbocycles. The summed E-state index contributed by atoms with van der Waals surface area (Å²) in [4.78, 5) is 14.2. The first kappa shape index (κ1) is 22.4. The number of ether oxygens (including phenoxy) is 1. The number of hydrogen-bond acceptors (Lipinski definition) is 4. The van der Waals surface area contributed by atoms with Crippen LogP contribution in [0.4, 0.5) is 23.7 Å². The van der Waals surface area contributed by atoms with E-state index in [1.54, 1.807) is 23.3 Å². The van der Waals surface area contributed by atoms with Crippen LogP contribution >= 0.6 is 23.2 Å². The second kappa shape index (κ2) is 8.65. The first-order chi connectivity index (χ1) is 15.1. The maximum atomic E-state index is 12.9. The van der Waals surface area contributed by atoms with E-state index in [1.165, 1.54) is 0 Å². The fourth-order valence-corrected chi connectivity index (χ4v) is 4.30. The predicted octanol–water partition coefficient (Wildman–Crippen LogP) is 5.92. The molecule has 0 aliphatic carbocycles.